The molecule has 43 heavy (non-hydrogen) atoms. The fourth-order valence-electron chi connectivity index (χ4n) is 7.42. The predicted octanol–water partition coefficient (Wildman–Crippen LogP) is 7.25. The summed E-state index contributed by atoms with van der Waals surface area (Å²) in [6, 6.07) is 24.2. The number of nitrogens with zero attached hydrogens (tertiary/aromatic N) is 4. The summed E-state index contributed by atoms with van der Waals surface area (Å²) in [5.74, 6) is 0. The van der Waals surface area contributed by atoms with E-state index in [4.69, 9.17) is 9.72 Å². The Kier molecular flexibility index (Phi) is 7.06. The van der Waals surface area contributed by atoms with E-state index in [1.54, 1.807) is 11.9 Å². The van der Waals surface area contributed by atoms with Crippen LogP contribution in [0.25, 0.3) is 44.5 Å². The van der Waals surface area contributed by atoms with E-state index in [1.807, 2.05) is 18.5 Å². The Balaban J connectivity index is 1.05. The first-order chi connectivity index (χ1) is 21.1. The van der Waals surface area contributed by atoms with E-state index in [1.165, 1.54) is 59.1 Å². The molecule has 2 saturated heterocycles. The average molecular weight is 588 g/mol. The Bertz CT molecular complexity index is 1770. The van der Waals surface area contributed by atoms with E-state index in [2.05, 4.69) is 94.1 Å². The number of aryl methyl sites for hydroxylation is 2. The van der Waals surface area contributed by atoms with E-state index in [0.717, 1.165) is 46.8 Å². The van der Waals surface area contributed by atoms with Crippen molar-refractivity contribution in [1.29, 1.82) is 0 Å². The van der Waals surface area contributed by atoms with Gasteiger partial charge < -0.3 is 9.72 Å². The van der Waals surface area contributed by atoms with Crippen molar-refractivity contribution in [1.82, 2.24) is 24.2 Å². The summed E-state index contributed by atoms with van der Waals surface area (Å²) >= 11 is 1.69. The summed E-state index contributed by atoms with van der Waals surface area (Å²) < 4.78 is 7.85. The Labute approximate surface area is 257 Å². The number of rotatable bonds is 6. The lowest BCUT2D eigenvalue weighted by molar-refractivity contribution is -0.148. The molecule has 7 heteroatoms. The molecule has 0 radical (unpaired) electrons. The van der Waals surface area contributed by atoms with Crippen molar-refractivity contribution in [2.45, 2.75) is 55.1 Å². The quantitative estimate of drug-likeness (QED) is 0.167. The molecule has 5 aromatic rings. The number of aromatic amines is 1. The molecule has 5 heterocycles. The molecule has 2 aliphatic heterocycles. The van der Waals surface area contributed by atoms with Gasteiger partial charge in [0.05, 0.1) is 18.9 Å². The number of morpholine rings is 1. The van der Waals surface area contributed by atoms with Crippen molar-refractivity contribution in [3.63, 3.8) is 0 Å². The molecule has 0 saturated carbocycles. The molecule has 2 aromatic carbocycles. The maximum Gasteiger partial charge on any atom is 0.137 e. The zero-order chi connectivity index (χ0) is 28.9. The molecule has 3 unspecified atom stereocenters. The van der Waals surface area contributed by atoms with Crippen LogP contribution in [0.5, 0.6) is 0 Å². The summed E-state index contributed by atoms with van der Waals surface area (Å²) in [6.07, 6.45) is 12.1. The summed E-state index contributed by atoms with van der Waals surface area (Å²) in [5, 5.41) is 1.15. The lowest BCUT2D eigenvalue weighted by Crippen LogP contribution is -2.66. The SMILES string of the molecule is CN(C)Sc1cccnc1-c1ccc(-c2c[nH]c3ncc(-c4ccc5c(c4)CCC(N4C6COCC4C6)CC5)cc23)cc1. The highest BCUT2D eigenvalue weighted by Crippen LogP contribution is 2.39. The molecule has 6 nitrogen and oxygen atoms in total. The fourth-order valence-corrected chi connectivity index (χ4v) is 8.21. The van der Waals surface area contributed by atoms with Gasteiger partial charge in [-0.25, -0.2) is 4.98 Å². The zero-order valence-electron chi connectivity index (χ0n) is 24.8. The Morgan fingerprint density at radius 3 is 2.40 bits per heavy atom. The van der Waals surface area contributed by atoms with Crippen LogP contribution in [0.1, 0.15) is 30.4 Å². The molecule has 8 rings (SSSR count). The Morgan fingerprint density at radius 1 is 0.837 bits per heavy atom. The third-order valence-corrected chi connectivity index (χ3v) is 10.4. The first-order valence-corrected chi connectivity index (χ1v) is 16.2. The number of benzene rings is 2. The number of nitrogens with one attached hydrogen (secondary N) is 1. The fraction of sp³-hybridized carbons (Fsp3) is 0.333. The highest BCUT2D eigenvalue weighted by atomic mass is 32.2. The molecule has 1 aliphatic carbocycles. The molecule has 2 fully saturated rings. The van der Waals surface area contributed by atoms with Crippen molar-refractivity contribution in [2.24, 2.45) is 0 Å². The molecular weight excluding hydrogens is 550 g/mol. The number of fused-ring (bicyclic) bond motifs is 4. The molecule has 2 bridgehead atoms. The Morgan fingerprint density at radius 2 is 1.60 bits per heavy atom. The van der Waals surface area contributed by atoms with Crippen molar-refractivity contribution in [2.75, 3.05) is 27.3 Å². The molecule has 1 N–H and O–H groups in total. The summed E-state index contributed by atoms with van der Waals surface area (Å²) in [7, 11) is 4.11. The smallest absolute Gasteiger partial charge is 0.137 e. The van der Waals surface area contributed by atoms with Crippen LogP contribution in [0.3, 0.4) is 0 Å². The lowest BCUT2D eigenvalue weighted by Gasteiger charge is -2.56. The third-order valence-electron chi connectivity index (χ3n) is 9.51. The predicted molar refractivity (Wildman–Crippen MR) is 175 cm³/mol. The maximum atomic E-state index is 5.76. The number of hydrogen-bond acceptors (Lipinski definition) is 6. The van der Waals surface area contributed by atoms with Gasteiger partial charge in [0.25, 0.3) is 0 Å². The van der Waals surface area contributed by atoms with E-state index in [0.29, 0.717) is 18.1 Å². The lowest BCUT2D eigenvalue weighted by atomic mass is 9.87. The van der Waals surface area contributed by atoms with Gasteiger partial charge in [0.2, 0.25) is 0 Å². The van der Waals surface area contributed by atoms with Gasteiger partial charge in [-0.15, -0.1) is 0 Å². The summed E-state index contributed by atoms with van der Waals surface area (Å²) in [6.45, 7) is 1.85. The van der Waals surface area contributed by atoms with Crippen LogP contribution in [0, 0.1) is 0 Å². The summed E-state index contributed by atoms with van der Waals surface area (Å²) in [5.41, 5.74) is 10.8. The average Bonchev–Trinajstić information content (AvgIpc) is 3.35. The number of hydrogen-bond donors (Lipinski definition) is 1. The molecular formula is C36H37N5OS. The molecule has 218 valence electrons. The van der Waals surface area contributed by atoms with Crippen LogP contribution in [-0.2, 0) is 17.6 Å². The number of pyridine rings is 2. The molecule has 3 aliphatic rings. The zero-order valence-corrected chi connectivity index (χ0v) is 25.6. The van der Waals surface area contributed by atoms with Crippen LogP contribution < -0.4 is 0 Å². The topological polar surface area (TPSA) is 57.3 Å². The monoisotopic (exact) mass is 587 g/mol. The normalized spacial score (nSPS) is 21.9. The van der Waals surface area contributed by atoms with Crippen LogP contribution in [0.2, 0.25) is 0 Å². The van der Waals surface area contributed by atoms with E-state index >= 15 is 0 Å². The number of aromatic nitrogens is 3. The van der Waals surface area contributed by atoms with Crippen molar-refractivity contribution < 1.29 is 4.74 Å². The highest BCUT2D eigenvalue weighted by molar-refractivity contribution is 7.97. The Hall–Kier alpha value is -3.49. The first-order valence-electron chi connectivity index (χ1n) is 15.5. The van der Waals surface area contributed by atoms with Crippen molar-refractivity contribution in [3.05, 3.63) is 90.4 Å². The van der Waals surface area contributed by atoms with Gasteiger partial charge in [-0.3, -0.25) is 14.2 Å². The van der Waals surface area contributed by atoms with Crippen LogP contribution >= 0.6 is 11.9 Å². The van der Waals surface area contributed by atoms with E-state index in [9.17, 15) is 0 Å². The van der Waals surface area contributed by atoms with Gasteiger partial charge in [-0.2, -0.15) is 0 Å². The second-order valence-corrected chi connectivity index (χ2v) is 13.7. The minimum atomic E-state index is 0.652. The van der Waals surface area contributed by atoms with Crippen LogP contribution in [0.15, 0.2) is 84.1 Å². The van der Waals surface area contributed by atoms with Gasteiger partial charge in [-0.05, 0) is 98.6 Å². The standard InChI is InChI=1S/C36H37N5OS/c1-40(2)43-34-4-3-15-37-35(34)25-8-6-24(7-9-25)33-20-39-36-32(33)17-28(19-38-36)27-10-5-23-11-13-29(14-12-26(23)16-27)41-30-18-31(41)22-42-21-30/h3-10,15-17,19-20,29-31H,11-14,18,21-22H2,1-2H3,(H,38,39). The number of ether oxygens (including phenoxy) is 1. The summed E-state index contributed by atoms with van der Waals surface area (Å²) in [4.78, 5) is 16.9. The molecule has 0 amide bonds. The van der Waals surface area contributed by atoms with Gasteiger partial charge in [0.15, 0.2) is 0 Å². The highest BCUT2D eigenvalue weighted by Gasteiger charge is 2.45. The van der Waals surface area contributed by atoms with Gasteiger partial charge >= 0.3 is 0 Å². The first kappa shape index (κ1) is 27.1. The second kappa shape index (κ2) is 11.2. The van der Waals surface area contributed by atoms with Crippen LogP contribution in [0.4, 0.5) is 0 Å². The minimum absolute atomic E-state index is 0.652. The molecule has 0 spiro atoms. The minimum Gasteiger partial charge on any atom is -0.378 e. The molecule has 3 atom stereocenters. The van der Waals surface area contributed by atoms with Crippen LogP contribution in [-0.4, -0.2) is 69.6 Å². The van der Waals surface area contributed by atoms with Gasteiger partial charge in [-0.1, -0.05) is 42.5 Å². The van der Waals surface area contributed by atoms with Crippen molar-refractivity contribution in [3.8, 4) is 33.5 Å². The van der Waals surface area contributed by atoms with Gasteiger partial charge in [0, 0.05) is 63.7 Å². The largest absolute Gasteiger partial charge is 0.378 e. The third kappa shape index (κ3) is 5.08. The number of H-pyrrole nitrogens is 1. The van der Waals surface area contributed by atoms with Gasteiger partial charge in [0.1, 0.15) is 5.65 Å². The van der Waals surface area contributed by atoms with E-state index in [-0.39, 0.29) is 0 Å². The van der Waals surface area contributed by atoms with E-state index < -0.39 is 0 Å². The second-order valence-electron chi connectivity index (χ2n) is 12.4. The maximum absolute atomic E-state index is 5.76. The molecule has 3 aromatic heterocycles. The van der Waals surface area contributed by atoms with Crippen molar-refractivity contribution >= 4 is 23.0 Å².